The summed E-state index contributed by atoms with van der Waals surface area (Å²) in [4.78, 5) is 12.0. The van der Waals surface area contributed by atoms with E-state index in [9.17, 15) is 13.2 Å². The minimum absolute atomic E-state index is 0.0242. The van der Waals surface area contributed by atoms with E-state index < -0.39 is 10.0 Å². The number of nitrogens with zero attached hydrogens (tertiary/aromatic N) is 2. The summed E-state index contributed by atoms with van der Waals surface area (Å²) in [6.07, 6.45) is 5.18. The molecule has 1 amide bonds. The molecule has 0 atom stereocenters. The number of benzene rings is 1. The highest BCUT2D eigenvalue weighted by Gasteiger charge is 2.09. The Morgan fingerprint density at radius 3 is 2.73 bits per heavy atom. The summed E-state index contributed by atoms with van der Waals surface area (Å²) >= 11 is 0. The van der Waals surface area contributed by atoms with Gasteiger partial charge in [0.05, 0.1) is 6.20 Å². The minimum Gasteiger partial charge on any atom is -0.311 e. The molecule has 2 N–H and O–H groups in total. The summed E-state index contributed by atoms with van der Waals surface area (Å²) in [5.74, 6) is 0.355. The fourth-order valence-corrected chi connectivity index (χ4v) is 3.04. The Hall–Kier alpha value is -2.45. The van der Waals surface area contributed by atoms with Crippen LogP contribution in [0, 0.1) is 0 Å². The molecule has 0 radical (unpaired) electrons. The van der Waals surface area contributed by atoms with Crippen LogP contribution in [0.2, 0.25) is 0 Å². The fourth-order valence-electron chi connectivity index (χ4n) is 2.22. The van der Waals surface area contributed by atoms with E-state index in [1.54, 1.807) is 29.1 Å². The van der Waals surface area contributed by atoms with Crippen LogP contribution < -0.4 is 10.0 Å². The molecule has 0 saturated carbocycles. The van der Waals surface area contributed by atoms with E-state index in [0.29, 0.717) is 5.82 Å². The molecule has 0 unspecified atom stereocenters. The van der Waals surface area contributed by atoms with Gasteiger partial charge in [-0.2, -0.15) is 5.10 Å². The highest BCUT2D eigenvalue weighted by Crippen LogP contribution is 2.08. The third-order valence-electron chi connectivity index (χ3n) is 3.60. The zero-order chi connectivity index (χ0) is 18.8. The van der Waals surface area contributed by atoms with Gasteiger partial charge in [-0.3, -0.25) is 4.79 Å². The summed E-state index contributed by atoms with van der Waals surface area (Å²) in [7, 11) is -3.59. The zero-order valence-electron chi connectivity index (χ0n) is 14.8. The van der Waals surface area contributed by atoms with Crippen molar-refractivity contribution in [1.29, 1.82) is 0 Å². The van der Waals surface area contributed by atoms with Crippen molar-refractivity contribution in [3.8, 4) is 0 Å². The molecule has 2 rings (SSSR count). The second kappa shape index (κ2) is 9.88. The summed E-state index contributed by atoms with van der Waals surface area (Å²) < 4.78 is 28.0. The van der Waals surface area contributed by atoms with Crippen LogP contribution >= 0.6 is 0 Å². The van der Waals surface area contributed by atoms with E-state index in [0.717, 1.165) is 30.4 Å². The Balaban J connectivity index is 1.79. The molecule has 0 saturated heterocycles. The molecule has 2 aromatic rings. The molecule has 7 nitrogen and oxygen atoms in total. The highest BCUT2D eigenvalue weighted by molar-refractivity contribution is 7.92. The largest absolute Gasteiger partial charge is 0.311 e. The standard InChI is InChI=1S/C18H24N4O3S/c1-2-3-14-22-17(9-12-19-22)21-18(23)10-13-20-26(24,25)15-11-16-7-5-4-6-8-16/h4-9,11-12,15,20H,2-3,10,13-14H2,1H3,(H,21,23)/b15-11+. The number of carbonyl (C=O) groups excluding carboxylic acids is 1. The molecule has 26 heavy (non-hydrogen) atoms. The predicted molar refractivity (Wildman–Crippen MR) is 103 cm³/mol. The summed E-state index contributed by atoms with van der Waals surface area (Å²) in [5.41, 5.74) is 0.788. The molecule has 140 valence electrons. The number of aryl methyl sites for hydroxylation is 1. The van der Waals surface area contributed by atoms with Crippen LogP contribution in [-0.2, 0) is 21.4 Å². The molecule has 0 aliphatic heterocycles. The number of hydrogen-bond acceptors (Lipinski definition) is 4. The van der Waals surface area contributed by atoms with Gasteiger partial charge in [0.2, 0.25) is 15.9 Å². The Morgan fingerprint density at radius 2 is 2.00 bits per heavy atom. The molecular weight excluding hydrogens is 352 g/mol. The average molecular weight is 376 g/mol. The molecule has 1 aromatic heterocycles. The number of carbonyl (C=O) groups is 1. The third kappa shape index (κ3) is 6.81. The number of hydrogen-bond donors (Lipinski definition) is 2. The number of sulfonamides is 1. The molecular formula is C18H24N4O3S. The van der Waals surface area contributed by atoms with Crippen molar-refractivity contribution >= 4 is 27.8 Å². The van der Waals surface area contributed by atoms with Crippen molar-refractivity contribution < 1.29 is 13.2 Å². The maximum absolute atomic E-state index is 12.0. The first-order valence-corrected chi connectivity index (χ1v) is 10.1. The van der Waals surface area contributed by atoms with Crippen molar-refractivity contribution in [3.63, 3.8) is 0 Å². The number of rotatable bonds is 10. The van der Waals surface area contributed by atoms with Crippen molar-refractivity contribution in [3.05, 3.63) is 53.6 Å². The first-order valence-electron chi connectivity index (χ1n) is 8.54. The van der Waals surface area contributed by atoms with Gasteiger partial charge >= 0.3 is 0 Å². The fraction of sp³-hybridized carbons (Fsp3) is 0.333. The summed E-state index contributed by atoms with van der Waals surface area (Å²) in [6.45, 7) is 2.84. The monoisotopic (exact) mass is 376 g/mol. The van der Waals surface area contributed by atoms with E-state index in [4.69, 9.17) is 0 Å². The second-order valence-corrected chi connectivity index (χ2v) is 7.39. The van der Waals surface area contributed by atoms with E-state index in [1.165, 1.54) is 6.08 Å². The smallest absolute Gasteiger partial charge is 0.233 e. The summed E-state index contributed by atoms with van der Waals surface area (Å²) in [6, 6.07) is 10.9. The molecule has 0 aliphatic carbocycles. The zero-order valence-corrected chi connectivity index (χ0v) is 15.6. The number of unbranched alkanes of at least 4 members (excludes halogenated alkanes) is 1. The van der Waals surface area contributed by atoms with Gasteiger partial charge in [0, 0.05) is 31.0 Å². The Labute approximate surface area is 154 Å². The van der Waals surface area contributed by atoms with Gasteiger partial charge in [0.1, 0.15) is 5.82 Å². The molecule has 1 aromatic carbocycles. The second-order valence-electron chi connectivity index (χ2n) is 5.74. The van der Waals surface area contributed by atoms with E-state index in [-0.39, 0.29) is 18.9 Å². The summed E-state index contributed by atoms with van der Waals surface area (Å²) in [5, 5.41) is 8.01. The quantitative estimate of drug-likeness (QED) is 0.666. The number of nitrogens with one attached hydrogen (secondary N) is 2. The molecule has 0 spiro atoms. The van der Waals surface area contributed by atoms with Crippen LogP contribution in [-0.4, -0.2) is 30.7 Å². The lowest BCUT2D eigenvalue weighted by molar-refractivity contribution is -0.116. The molecule has 0 fully saturated rings. The van der Waals surface area contributed by atoms with Crippen molar-refractivity contribution in [2.24, 2.45) is 0 Å². The van der Waals surface area contributed by atoms with Gasteiger partial charge in [-0.15, -0.1) is 0 Å². The Morgan fingerprint density at radius 1 is 1.23 bits per heavy atom. The van der Waals surface area contributed by atoms with Gasteiger partial charge in [-0.1, -0.05) is 43.7 Å². The van der Waals surface area contributed by atoms with Crippen molar-refractivity contribution in [2.45, 2.75) is 32.7 Å². The van der Waals surface area contributed by atoms with E-state index >= 15 is 0 Å². The lowest BCUT2D eigenvalue weighted by atomic mass is 10.2. The van der Waals surface area contributed by atoms with Crippen LogP contribution in [0.4, 0.5) is 5.82 Å². The first kappa shape index (κ1) is 19.9. The number of anilines is 1. The lowest BCUT2D eigenvalue weighted by Gasteiger charge is -2.08. The molecule has 0 bridgehead atoms. The maximum atomic E-state index is 12.0. The van der Waals surface area contributed by atoms with Crippen molar-refractivity contribution in [1.82, 2.24) is 14.5 Å². The van der Waals surface area contributed by atoms with Gasteiger partial charge < -0.3 is 5.32 Å². The van der Waals surface area contributed by atoms with Gasteiger partial charge in [-0.05, 0) is 18.1 Å². The van der Waals surface area contributed by atoms with Gasteiger partial charge in [-0.25, -0.2) is 17.8 Å². The molecule has 0 aliphatic rings. The predicted octanol–water partition coefficient (Wildman–Crippen LogP) is 2.60. The average Bonchev–Trinajstić information content (AvgIpc) is 3.06. The van der Waals surface area contributed by atoms with Crippen LogP contribution in [0.1, 0.15) is 31.7 Å². The van der Waals surface area contributed by atoms with Gasteiger partial charge in [0.15, 0.2) is 0 Å². The molecule has 1 heterocycles. The molecule has 8 heteroatoms. The van der Waals surface area contributed by atoms with Gasteiger partial charge in [0.25, 0.3) is 0 Å². The Kier molecular flexibility index (Phi) is 7.55. The SMILES string of the molecule is CCCCn1nccc1NC(=O)CCNS(=O)(=O)/C=C/c1ccccc1. The van der Waals surface area contributed by atoms with Crippen LogP contribution in [0.3, 0.4) is 0 Å². The number of aromatic nitrogens is 2. The van der Waals surface area contributed by atoms with Crippen LogP contribution in [0.25, 0.3) is 6.08 Å². The third-order valence-corrected chi connectivity index (χ3v) is 4.70. The lowest BCUT2D eigenvalue weighted by Crippen LogP contribution is -2.26. The van der Waals surface area contributed by atoms with E-state index in [1.807, 2.05) is 18.2 Å². The Bertz CT molecular complexity index is 829. The topological polar surface area (TPSA) is 93.1 Å². The van der Waals surface area contributed by atoms with Crippen molar-refractivity contribution in [2.75, 3.05) is 11.9 Å². The number of amides is 1. The van der Waals surface area contributed by atoms with Crippen LogP contribution in [0.5, 0.6) is 0 Å². The maximum Gasteiger partial charge on any atom is 0.233 e. The van der Waals surface area contributed by atoms with Crippen LogP contribution in [0.15, 0.2) is 48.0 Å². The van der Waals surface area contributed by atoms with E-state index in [2.05, 4.69) is 22.1 Å². The highest BCUT2D eigenvalue weighted by atomic mass is 32.2. The normalized spacial score (nSPS) is 11.7. The first-order chi connectivity index (χ1) is 12.5. The minimum atomic E-state index is -3.59.